The van der Waals surface area contributed by atoms with Crippen molar-refractivity contribution in [1.29, 1.82) is 0 Å². The predicted molar refractivity (Wildman–Crippen MR) is 83.0 cm³/mol. The monoisotopic (exact) mass is 302 g/mol. The van der Waals surface area contributed by atoms with Crippen LogP contribution >= 0.6 is 0 Å². The van der Waals surface area contributed by atoms with Crippen molar-refractivity contribution in [3.8, 4) is 0 Å². The molecule has 0 saturated carbocycles. The third-order valence-electron chi connectivity index (χ3n) is 3.24. The van der Waals surface area contributed by atoms with Crippen molar-refractivity contribution in [1.82, 2.24) is 15.3 Å². The van der Waals surface area contributed by atoms with Crippen molar-refractivity contribution in [3.05, 3.63) is 53.6 Å². The topological polar surface area (TPSA) is 66.9 Å². The number of benzene rings is 1. The average Bonchev–Trinajstić information content (AvgIpc) is 2.54. The highest BCUT2D eigenvalue weighted by atomic mass is 19.1. The van der Waals surface area contributed by atoms with Gasteiger partial charge in [0.05, 0.1) is 0 Å². The van der Waals surface area contributed by atoms with E-state index in [1.165, 1.54) is 12.1 Å². The van der Waals surface area contributed by atoms with Gasteiger partial charge < -0.3 is 10.6 Å². The zero-order valence-corrected chi connectivity index (χ0v) is 12.6. The van der Waals surface area contributed by atoms with Crippen molar-refractivity contribution in [2.24, 2.45) is 0 Å². The van der Waals surface area contributed by atoms with Gasteiger partial charge in [0.2, 0.25) is 5.95 Å². The Kier molecular flexibility index (Phi) is 5.41. The fourth-order valence-electron chi connectivity index (χ4n) is 1.75. The smallest absolute Gasteiger partial charge is 0.270 e. The summed E-state index contributed by atoms with van der Waals surface area (Å²) in [5.41, 5.74) is 1.12. The number of anilines is 1. The Labute approximate surface area is 129 Å². The van der Waals surface area contributed by atoms with Crippen LogP contribution in [0.5, 0.6) is 0 Å². The Hall–Kier alpha value is -2.50. The summed E-state index contributed by atoms with van der Waals surface area (Å²) in [6, 6.07) is 7.77. The second kappa shape index (κ2) is 7.49. The van der Waals surface area contributed by atoms with Crippen LogP contribution in [0.1, 0.15) is 36.3 Å². The average molecular weight is 302 g/mol. The van der Waals surface area contributed by atoms with E-state index in [-0.39, 0.29) is 17.8 Å². The summed E-state index contributed by atoms with van der Waals surface area (Å²) in [7, 11) is 0. The van der Waals surface area contributed by atoms with Crippen molar-refractivity contribution in [2.75, 3.05) is 5.32 Å². The lowest BCUT2D eigenvalue weighted by molar-refractivity contribution is 0.0946. The standard InChI is InChI=1S/C16H19FN4O/c1-3-11(2)20-16-18-9-8-14(21-16)15(22)19-10-12-4-6-13(17)7-5-12/h4-9,11H,3,10H2,1-2H3,(H,19,22)(H,18,20,21). The van der Waals surface area contributed by atoms with Crippen LogP contribution in [0, 0.1) is 5.82 Å². The maximum Gasteiger partial charge on any atom is 0.270 e. The van der Waals surface area contributed by atoms with E-state index in [4.69, 9.17) is 0 Å². The third kappa shape index (κ3) is 4.51. The van der Waals surface area contributed by atoms with Gasteiger partial charge in [-0.3, -0.25) is 4.79 Å². The number of rotatable bonds is 6. The Morgan fingerprint density at radius 1 is 1.27 bits per heavy atom. The van der Waals surface area contributed by atoms with Crippen LogP contribution < -0.4 is 10.6 Å². The van der Waals surface area contributed by atoms with Crippen LogP contribution in [0.4, 0.5) is 10.3 Å². The molecule has 1 aromatic heterocycles. The fraction of sp³-hybridized carbons (Fsp3) is 0.312. The molecule has 0 aliphatic carbocycles. The summed E-state index contributed by atoms with van der Waals surface area (Å²) in [6.07, 6.45) is 2.48. The lowest BCUT2D eigenvalue weighted by atomic mass is 10.2. The number of nitrogens with one attached hydrogen (secondary N) is 2. The number of carbonyl (C=O) groups is 1. The van der Waals surface area contributed by atoms with Crippen LogP contribution in [0.2, 0.25) is 0 Å². The Bertz CT molecular complexity index is 630. The summed E-state index contributed by atoms with van der Waals surface area (Å²) >= 11 is 0. The van der Waals surface area contributed by atoms with Gasteiger partial charge in [-0.25, -0.2) is 14.4 Å². The first-order valence-electron chi connectivity index (χ1n) is 7.20. The number of hydrogen-bond acceptors (Lipinski definition) is 4. The van der Waals surface area contributed by atoms with E-state index < -0.39 is 0 Å². The van der Waals surface area contributed by atoms with E-state index in [0.29, 0.717) is 18.2 Å². The van der Waals surface area contributed by atoms with E-state index in [1.807, 2.05) is 6.92 Å². The van der Waals surface area contributed by atoms with Gasteiger partial charge in [-0.05, 0) is 37.1 Å². The highest BCUT2D eigenvalue weighted by Crippen LogP contribution is 2.06. The molecular weight excluding hydrogens is 283 g/mol. The zero-order chi connectivity index (χ0) is 15.9. The number of hydrogen-bond donors (Lipinski definition) is 2. The largest absolute Gasteiger partial charge is 0.352 e. The number of halogens is 1. The number of carbonyl (C=O) groups excluding carboxylic acids is 1. The second-order valence-corrected chi connectivity index (χ2v) is 5.03. The predicted octanol–water partition coefficient (Wildman–Crippen LogP) is 2.76. The van der Waals surface area contributed by atoms with Crippen LogP contribution in [-0.4, -0.2) is 21.9 Å². The minimum absolute atomic E-state index is 0.234. The molecule has 2 rings (SSSR count). The molecule has 0 radical (unpaired) electrons. The molecule has 1 atom stereocenters. The SMILES string of the molecule is CCC(C)Nc1nccc(C(=O)NCc2ccc(F)cc2)n1. The van der Waals surface area contributed by atoms with Gasteiger partial charge in [0.1, 0.15) is 11.5 Å². The van der Waals surface area contributed by atoms with Crippen molar-refractivity contribution >= 4 is 11.9 Å². The molecule has 1 heterocycles. The lowest BCUT2D eigenvalue weighted by Crippen LogP contribution is -2.25. The first kappa shape index (κ1) is 15.9. The summed E-state index contributed by atoms with van der Waals surface area (Å²) < 4.78 is 12.8. The molecule has 116 valence electrons. The van der Waals surface area contributed by atoms with Gasteiger partial charge in [0.15, 0.2) is 0 Å². The maximum absolute atomic E-state index is 12.8. The summed E-state index contributed by atoms with van der Waals surface area (Å²) in [4.78, 5) is 20.4. The Balaban J connectivity index is 1.97. The van der Waals surface area contributed by atoms with Crippen molar-refractivity contribution in [2.45, 2.75) is 32.9 Å². The van der Waals surface area contributed by atoms with Crippen LogP contribution in [-0.2, 0) is 6.54 Å². The first-order valence-corrected chi connectivity index (χ1v) is 7.20. The molecule has 0 fully saturated rings. The quantitative estimate of drug-likeness (QED) is 0.861. The van der Waals surface area contributed by atoms with Gasteiger partial charge in [0, 0.05) is 18.8 Å². The highest BCUT2D eigenvalue weighted by Gasteiger charge is 2.09. The molecule has 2 aromatic rings. The van der Waals surface area contributed by atoms with Gasteiger partial charge >= 0.3 is 0 Å². The zero-order valence-electron chi connectivity index (χ0n) is 12.6. The molecule has 1 aromatic carbocycles. The molecule has 6 heteroatoms. The number of aromatic nitrogens is 2. The van der Waals surface area contributed by atoms with E-state index in [9.17, 15) is 9.18 Å². The Morgan fingerprint density at radius 3 is 2.68 bits per heavy atom. The summed E-state index contributed by atoms with van der Waals surface area (Å²) in [6.45, 7) is 4.39. The molecular formula is C16H19FN4O. The minimum atomic E-state index is -0.299. The van der Waals surface area contributed by atoms with E-state index in [0.717, 1.165) is 12.0 Å². The van der Waals surface area contributed by atoms with Crippen LogP contribution in [0.25, 0.3) is 0 Å². The summed E-state index contributed by atoms with van der Waals surface area (Å²) in [5.74, 6) is -0.158. The summed E-state index contributed by atoms with van der Waals surface area (Å²) in [5, 5.41) is 5.87. The molecule has 1 unspecified atom stereocenters. The molecule has 1 amide bonds. The minimum Gasteiger partial charge on any atom is -0.352 e. The first-order chi connectivity index (χ1) is 10.6. The normalized spacial score (nSPS) is 11.8. The molecule has 0 saturated heterocycles. The van der Waals surface area contributed by atoms with Gasteiger partial charge in [-0.15, -0.1) is 0 Å². The molecule has 2 N–H and O–H groups in total. The molecule has 0 bridgehead atoms. The van der Waals surface area contributed by atoms with Crippen LogP contribution in [0.3, 0.4) is 0 Å². The fourth-order valence-corrected chi connectivity index (χ4v) is 1.75. The van der Waals surface area contributed by atoms with Gasteiger partial charge in [0.25, 0.3) is 5.91 Å². The van der Waals surface area contributed by atoms with Crippen LogP contribution in [0.15, 0.2) is 36.5 Å². The lowest BCUT2D eigenvalue weighted by Gasteiger charge is -2.11. The number of amides is 1. The third-order valence-corrected chi connectivity index (χ3v) is 3.24. The van der Waals surface area contributed by atoms with E-state index in [2.05, 4.69) is 27.5 Å². The Morgan fingerprint density at radius 2 is 2.00 bits per heavy atom. The molecule has 0 aliphatic rings. The highest BCUT2D eigenvalue weighted by molar-refractivity contribution is 5.92. The van der Waals surface area contributed by atoms with Crippen molar-refractivity contribution < 1.29 is 9.18 Å². The molecule has 0 aliphatic heterocycles. The number of nitrogens with zero attached hydrogens (tertiary/aromatic N) is 2. The van der Waals surface area contributed by atoms with Gasteiger partial charge in [-0.1, -0.05) is 19.1 Å². The molecule has 0 spiro atoms. The van der Waals surface area contributed by atoms with E-state index in [1.54, 1.807) is 24.4 Å². The molecule has 5 nitrogen and oxygen atoms in total. The maximum atomic E-state index is 12.8. The second-order valence-electron chi connectivity index (χ2n) is 5.03. The van der Waals surface area contributed by atoms with Gasteiger partial charge in [-0.2, -0.15) is 0 Å². The van der Waals surface area contributed by atoms with E-state index >= 15 is 0 Å². The van der Waals surface area contributed by atoms with Crippen molar-refractivity contribution in [3.63, 3.8) is 0 Å². The molecule has 22 heavy (non-hydrogen) atoms.